The van der Waals surface area contributed by atoms with E-state index in [2.05, 4.69) is 4.74 Å². The van der Waals surface area contributed by atoms with E-state index in [0.29, 0.717) is 0 Å². The Morgan fingerprint density at radius 1 is 1.27 bits per heavy atom. The molecule has 1 aromatic carbocycles. The minimum atomic E-state index is -2.22. The van der Waals surface area contributed by atoms with Crippen LogP contribution < -0.4 is 0 Å². The maximum Gasteiger partial charge on any atom is 0.313 e. The summed E-state index contributed by atoms with van der Waals surface area (Å²) in [5.41, 5.74) is -0.724. The Hall–Kier alpha value is -3.01. The van der Waals surface area contributed by atoms with Gasteiger partial charge in [0.05, 0.1) is 30.5 Å². The smallest absolute Gasteiger partial charge is 0.313 e. The third kappa shape index (κ3) is 2.85. The van der Waals surface area contributed by atoms with Crippen molar-refractivity contribution < 1.29 is 43.9 Å². The number of phenols is 1. The van der Waals surface area contributed by atoms with Crippen molar-refractivity contribution in [2.24, 2.45) is 0 Å². The number of Topliss-reactive ketones (excluding diaryl/α,β-unsaturated/α-hetero) is 2. The lowest BCUT2D eigenvalue weighted by molar-refractivity contribution is -0.304. The summed E-state index contributed by atoms with van der Waals surface area (Å²) in [6, 6.07) is 4.08. The van der Waals surface area contributed by atoms with Gasteiger partial charge in [0.2, 0.25) is 5.78 Å². The lowest BCUT2D eigenvalue weighted by Gasteiger charge is -2.49. The number of ketones is 2. The number of phenolic OH excluding ortho intramolecular Hbond substituents is 1. The predicted molar refractivity (Wildman–Crippen MR) is 99.5 cm³/mol. The van der Waals surface area contributed by atoms with E-state index < -0.39 is 47.4 Å². The normalized spacial score (nSPS) is 30.4. The number of allylic oxidation sites excluding steroid dienone is 2. The first-order valence-electron chi connectivity index (χ1n) is 9.36. The second kappa shape index (κ2) is 7.05. The van der Waals surface area contributed by atoms with Crippen molar-refractivity contribution in [3.05, 3.63) is 52.3 Å². The summed E-state index contributed by atoms with van der Waals surface area (Å²) >= 11 is 0. The first kappa shape index (κ1) is 20.3. The number of fused-ring (bicyclic) bond motifs is 2. The highest BCUT2D eigenvalue weighted by Gasteiger charge is 2.59. The Kier molecular flexibility index (Phi) is 4.76. The van der Waals surface area contributed by atoms with Crippen molar-refractivity contribution in [1.29, 1.82) is 0 Å². The van der Waals surface area contributed by atoms with Gasteiger partial charge in [-0.2, -0.15) is 0 Å². The number of ether oxygens (including phenoxy) is 3. The number of aliphatic hydroxyl groups is 2. The van der Waals surface area contributed by atoms with E-state index >= 15 is 0 Å². The van der Waals surface area contributed by atoms with Crippen LogP contribution in [0.1, 0.15) is 40.5 Å². The topological polar surface area (TPSA) is 140 Å². The summed E-state index contributed by atoms with van der Waals surface area (Å²) in [6.45, 7) is 1.61. The van der Waals surface area contributed by atoms with Crippen molar-refractivity contribution >= 4 is 17.5 Å². The molecule has 9 nitrogen and oxygen atoms in total. The Balaban J connectivity index is 1.96. The summed E-state index contributed by atoms with van der Waals surface area (Å²) in [5, 5.41) is 31.4. The highest BCUT2D eigenvalue weighted by molar-refractivity contribution is 6.29. The summed E-state index contributed by atoms with van der Waals surface area (Å²) in [7, 11) is 1.18. The molecule has 1 spiro atoms. The fraction of sp³-hybridized carbons (Fsp3) is 0.381. The number of aliphatic hydroxyl groups excluding tert-OH is 2. The SMILES string of the molecule is COC(=O)CC1=CC2=C(C(=O)c3c(O)cccc3C2=O)[C@@]2(O1)O[C@@H](C)C[C@H](O)[C@@H]2O. The molecule has 2 heterocycles. The van der Waals surface area contributed by atoms with E-state index in [1.165, 1.54) is 31.4 Å². The Morgan fingerprint density at radius 3 is 2.70 bits per heavy atom. The molecule has 3 N–H and O–H groups in total. The van der Waals surface area contributed by atoms with Crippen LogP contribution in [0.4, 0.5) is 0 Å². The minimum Gasteiger partial charge on any atom is -0.507 e. The van der Waals surface area contributed by atoms with E-state index in [1.54, 1.807) is 6.92 Å². The van der Waals surface area contributed by atoms with Gasteiger partial charge in [0.1, 0.15) is 24.0 Å². The van der Waals surface area contributed by atoms with Gasteiger partial charge in [0, 0.05) is 17.6 Å². The average molecular weight is 416 g/mol. The molecule has 0 bridgehead atoms. The van der Waals surface area contributed by atoms with E-state index in [9.17, 15) is 29.7 Å². The molecule has 1 aromatic rings. The van der Waals surface area contributed by atoms with Crippen LogP contribution in [0.15, 0.2) is 41.2 Å². The van der Waals surface area contributed by atoms with Crippen molar-refractivity contribution in [2.75, 3.05) is 7.11 Å². The zero-order valence-electron chi connectivity index (χ0n) is 16.2. The van der Waals surface area contributed by atoms with Gasteiger partial charge in [-0.1, -0.05) is 12.1 Å². The minimum absolute atomic E-state index is 0.0247. The molecule has 9 heteroatoms. The monoisotopic (exact) mass is 416 g/mol. The number of carbonyl (C=O) groups is 3. The second-order valence-corrected chi connectivity index (χ2v) is 7.46. The summed E-state index contributed by atoms with van der Waals surface area (Å²) in [6.07, 6.45) is -2.80. The first-order valence-corrected chi connectivity index (χ1v) is 9.36. The summed E-state index contributed by atoms with van der Waals surface area (Å²) in [4.78, 5) is 38.4. The van der Waals surface area contributed by atoms with Gasteiger partial charge in [-0.15, -0.1) is 0 Å². The van der Waals surface area contributed by atoms with Gasteiger partial charge in [0.15, 0.2) is 5.78 Å². The maximum absolute atomic E-state index is 13.4. The van der Waals surface area contributed by atoms with Crippen LogP contribution in [0, 0.1) is 0 Å². The fourth-order valence-electron chi connectivity index (χ4n) is 4.13. The number of methoxy groups -OCH3 is 1. The van der Waals surface area contributed by atoms with Crippen molar-refractivity contribution in [2.45, 2.75) is 43.9 Å². The average Bonchev–Trinajstić information content (AvgIpc) is 2.69. The Labute approximate surface area is 171 Å². The molecule has 3 aliphatic rings. The zero-order valence-corrected chi connectivity index (χ0v) is 16.2. The second-order valence-electron chi connectivity index (χ2n) is 7.46. The largest absolute Gasteiger partial charge is 0.507 e. The third-order valence-electron chi connectivity index (χ3n) is 5.44. The van der Waals surface area contributed by atoms with Gasteiger partial charge in [0.25, 0.3) is 5.79 Å². The molecule has 1 fully saturated rings. The maximum atomic E-state index is 13.4. The number of aromatic hydroxyl groups is 1. The van der Waals surface area contributed by atoms with Crippen LogP contribution >= 0.6 is 0 Å². The molecule has 1 saturated heterocycles. The molecule has 0 radical (unpaired) electrons. The van der Waals surface area contributed by atoms with Crippen molar-refractivity contribution in [3.63, 3.8) is 0 Å². The lowest BCUT2D eigenvalue weighted by atomic mass is 9.75. The summed E-state index contributed by atoms with van der Waals surface area (Å²) < 4.78 is 16.3. The fourth-order valence-corrected chi connectivity index (χ4v) is 4.13. The molecule has 1 aliphatic carbocycles. The number of rotatable bonds is 2. The predicted octanol–water partition coefficient (Wildman–Crippen LogP) is 0.772. The molecule has 4 atom stereocenters. The molecule has 4 rings (SSSR count). The molecule has 0 unspecified atom stereocenters. The highest BCUT2D eigenvalue weighted by atomic mass is 16.7. The van der Waals surface area contributed by atoms with E-state index in [0.717, 1.165) is 0 Å². The van der Waals surface area contributed by atoms with Gasteiger partial charge in [-0.05, 0) is 19.1 Å². The van der Waals surface area contributed by atoms with Crippen molar-refractivity contribution in [3.8, 4) is 5.75 Å². The van der Waals surface area contributed by atoms with Crippen LogP contribution in [0.25, 0.3) is 0 Å². The van der Waals surface area contributed by atoms with Crippen molar-refractivity contribution in [1.82, 2.24) is 0 Å². The van der Waals surface area contributed by atoms with Gasteiger partial charge in [-0.3, -0.25) is 14.4 Å². The first-order chi connectivity index (χ1) is 14.2. The summed E-state index contributed by atoms with van der Waals surface area (Å²) in [5.74, 6) is -4.75. The molecular weight excluding hydrogens is 396 g/mol. The Bertz CT molecular complexity index is 1020. The molecule has 0 amide bonds. The van der Waals surface area contributed by atoms with Crippen LogP contribution in [0.3, 0.4) is 0 Å². The number of hydrogen-bond donors (Lipinski definition) is 3. The molecule has 158 valence electrons. The zero-order chi connectivity index (χ0) is 21.8. The van der Waals surface area contributed by atoms with Gasteiger partial charge in [-0.25, -0.2) is 0 Å². The van der Waals surface area contributed by atoms with Gasteiger partial charge >= 0.3 is 5.97 Å². The number of esters is 1. The number of benzene rings is 1. The van der Waals surface area contributed by atoms with Crippen LogP contribution in [-0.4, -0.2) is 64.1 Å². The van der Waals surface area contributed by atoms with E-state index in [1.807, 2.05) is 0 Å². The number of carbonyl (C=O) groups excluding carboxylic acids is 3. The molecule has 0 aromatic heterocycles. The molecule has 2 aliphatic heterocycles. The quantitative estimate of drug-likeness (QED) is 0.597. The molecule has 0 saturated carbocycles. The van der Waals surface area contributed by atoms with Crippen LogP contribution in [0.2, 0.25) is 0 Å². The molecule has 30 heavy (non-hydrogen) atoms. The Morgan fingerprint density at radius 2 is 2.00 bits per heavy atom. The molecular formula is C21H20O9. The number of hydrogen-bond acceptors (Lipinski definition) is 9. The highest BCUT2D eigenvalue weighted by Crippen LogP contribution is 2.47. The standard InChI is InChI=1S/C21H20O9/c1-9-6-14(23)20(27)21(29-9)17-12(7-10(30-21)8-15(24)28-2)18(25)11-4-3-5-13(22)16(11)19(17)26/h3-5,7,9,14,20,22-23,27H,6,8H2,1-2H3/t9-,14-,20-,21-/m0/s1. The van der Waals surface area contributed by atoms with Gasteiger partial charge < -0.3 is 29.5 Å². The van der Waals surface area contributed by atoms with Crippen LogP contribution in [0.5, 0.6) is 5.75 Å². The third-order valence-corrected chi connectivity index (χ3v) is 5.44. The van der Waals surface area contributed by atoms with Crippen LogP contribution in [-0.2, 0) is 19.0 Å². The lowest BCUT2D eigenvalue weighted by Crippen LogP contribution is -2.62. The van der Waals surface area contributed by atoms with E-state index in [4.69, 9.17) is 9.47 Å². The van der Waals surface area contributed by atoms with E-state index in [-0.39, 0.29) is 40.9 Å².